The second-order valence-corrected chi connectivity index (χ2v) is 5.40. The molecular formula is C16H14O2. The maximum atomic E-state index is 12.3. The predicted octanol–water partition coefficient (Wildman–Crippen LogP) is 3.31. The third kappa shape index (κ3) is 1.15. The fourth-order valence-electron chi connectivity index (χ4n) is 3.42. The summed E-state index contributed by atoms with van der Waals surface area (Å²) in [4.78, 5) is 12.3. The Kier molecular flexibility index (Phi) is 1.88. The van der Waals surface area contributed by atoms with E-state index in [9.17, 15) is 4.79 Å². The van der Waals surface area contributed by atoms with Crippen LogP contribution in [0.2, 0.25) is 0 Å². The third-order valence-electron chi connectivity index (χ3n) is 4.44. The Morgan fingerprint density at radius 2 is 2.06 bits per heavy atom. The minimum absolute atomic E-state index is 0.0780. The van der Waals surface area contributed by atoms with Gasteiger partial charge in [0.2, 0.25) is 0 Å². The van der Waals surface area contributed by atoms with Gasteiger partial charge in [0.15, 0.2) is 0 Å². The lowest BCUT2D eigenvalue weighted by Crippen LogP contribution is -2.35. The van der Waals surface area contributed by atoms with E-state index >= 15 is 0 Å². The quantitative estimate of drug-likeness (QED) is 0.554. The second kappa shape index (κ2) is 3.35. The fourth-order valence-corrected chi connectivity index (χ4v) is 3.42. The number of hydrogen-bond donors (Lipinski definition) is 0. The number of benzene rings is 1. The van der Waals surface area contributed by atoms with Crippen LogP contribution in [0.5, 0.6) is 0 Å². The number of ether oxygens (including phenoxy) is 1. The molecule has 0 saturated heterocycles. The van der Waals surface area contributed by atoms with Crippen molar-refractivity contribution in [3.05, 3.63) is 53.6 Å². The average molecular weight is 238 g/mol. The summed E-state index contributed by atoms with van der Waals surface area (Å²) in [5.74, 6) is 1.33. The molecule has 90 valence electrons. The standard InChI is InChI=1S/C16H14O2/c17-15-16-8-6-11(7-9-16)10-13(16)14(18-15)12-4-2-1-3-5-12/h1-6,8,11H,7,9-10H2. The number of carbonyl (C=O) groups excluding carboxylic acids is 1. The van der Waals surface area contributed by atoms with Crippen LogP contribution in [0.25, 0.3) is 5.76 Å². The van der Waals surface area contributed by atoms with E-state index in [0.29, 0.717) is 5.92 Å². The summed E-state index contributed by atoms with van der Waals surface area (Å²) in [5.41, 5.74) is 1.80. The number of rotatable bonds is 1. The van der Waals surface area contributed by atoms with Gasteiger partial charge < -0.3 is 4.74 Å². The topological polar surface area (TPSA) is 26.3 Å². The van der Waals surface area contributed by atoms with Crippen LogP contribution >= 0.6 is 0 Å². The molecule has 1 saturated carbocycles. The summed E-state index contributed by atoms with van der Waals surface area (Å²) in [6.07, 6.45) is 7.28. The van der Waals surface area contributed by atoms with Gasteiger partial charge in [-0.25, -0.2) is 0 Å². The van der Waals surface area contributed by atoms with E-state index in [1.165, 1.54) is 5.57 Å². The van der Waals surface area contributed by atoms with Gasteiger partial charge >= 0.3 is 5.97 Å². The van der Waals surface area contributed by atoms with Crippen LogP contribution in [0.1, 0.15) is 24.8 Å². The highest BCUT2D eigenvalue weighted by molar-refractivity contribution is 5.96. The summed E-state index contributed by atoms with van der Waals surface area (Å²) >= 11 is 0. The first-order chi connectivity index (χ1) is 8.79. The van der Waals surface area contributed by atoms with Gasteiger partial charge in [0.25, 0.3) is 0 Å². The molecule has 5 rings (SSSR count). The monoisotopic (exact) mass is 238 g/mol. The number of hydrogen-bond acceptors (Lipinski definition) is 2. The first-order valence-corrected chi connectivity index (χ1v) is 6.50. The molecule has 0 amide bonds. The number of allylic oxidation sites excluding steroid dienone is 1. The summed E-state index contributed by atoms with van der Waals surface area (Å²) in [5, 5.41) is 0. The lowest BCUT2D eigenvalue weighted by atomic mass is 9.62. The second-order valence-electron chi connectivity index (χ2n) is 5.40. The van der Waals surface area contributed by atoms with E-state index < -0.39 is 5.41 Å². The van der Waals surface area contributed by atoms with Crippen molar-refractivity contribution in [3.63, 3.8) is 0 Å². The van der Waals surface area contributed by atoms with Crippen LogP contribution in [0.15, 0.2) is 48.1 Å². The van der Waals surface area contributed by atoms with Crippen molar-refractivity contribution >= 4 is 11.7 Å². The van der Waals surface area contributed by atoms with Crippen molar-refractivity contribution in [2.75, 3.05) is 0 Å². The van der Waals surface area contributed by atoms with Gasteiger partial charge in [-0.3, -0.25) is 4.79 Å². The Balaban J connectivity index is 1.91. The van der Waals surface area contributed by atoms with Crippen molar-refractivity contribution in [1.82, 2.24) is 0 Å². The Morgan fingerprint density at radius 1 is 1.22 bits per heavy atom. The van der Waals surface area contributed by atoms with Gasteiger partial charge in [0.1, 0.15) is 11.2 Å². The normalized spacial score (nSPS) is 32.7. The van der Waals surface area contributed by atoms with Crippen LogP contribution in [0.3, 0.4) is 0 Å². The van der Waals surface area contributed by atoms with Gasteiger partial charge in [-0.2, -0.15) is 0 Å². The van der Waals surface area contributed by atoms with E-state index in [4.69, 9.17) is 4.74 Å². The molecule has 3 aliphatic carbocycles. The Hall–Kier alpha value is -1.83. The van der Waals surface area contributed by atoms with Crippen LogP contribution in [0, 0.1) is 11.3 Å². The highest BCUT2D eigenvalue weighted by Crippen LogP contribution is 2.56. The average Bonchev–Trinajstić information content (AvgIpc) is 2.74. The van der Waals surface area contributed by atoms with Crippen molar-refractivity contribution in [1.29, 1.82) is 0 Å². The molecule has 2 nitrogen and oxygen atoms in total. The summed E-state index contributed by atoms with van der Waals surface area (Å²) in [6.45, 7) is 0. The van der Waals surface area contributed by atoms with Gasteiger partial charge in [-0.15, -0.1) is 0 Å². The van der Waals surface area contributed by atoms with Gasteiger partial charge in [-0.1, -0.05) is 42.5 Å². The molecular weight excluding hydrogens is 224 g/mol. The smallest absolute Gasteiger partial charge is 0.325 e. The van der Waals surface area contributed by atoms with Crippen molar-refractivity contribution < 1.29 is 9.53 Å². The molecule has 1 aromatic carbocycles. The molecule has 2 bridgehead atoms. The molecule has 0 aromatic heterocycles. The third-order valence-corrected chi connectivity index (χ3v) is 4.44. The first-order valence-electron chi connectivity index (χ1n) is 6.50. The zero-order valence-electron chi connectivity index (χ0n) is 10.1. The molecule has 2 heteroatoms. The van der Waals surface area contributed by atoms with E-state index in [1.807, 2.05) is 30.3 Å². The Morgan fingerprint density at radius 3 is 2.78 bits per heavy atom. The molecule has 2 atom stereocenters. The largest absolute Gasteiger partial charge is 0.425 e. The maximum Gasteiger partial charge on any atom is 0.325 e. The van der Waals surface area contributed by atoms with Crippen LogP contribution in [-0.2, 0) is 9.53 Å². The highest BCUT2D eigenvalue weighted by atomic mass is 16.5. The fraction of sp³-hybridized carbons (Fsp3) is 0.312. The number of cyclic esters (lactones) is 1. The molecule has 1 aromatic rings. The molecule has 1 heterocycles. The van der Waals surface area contributed by atoms with Crippen LogP contribution in [-0.4, -0.2) is 5.97 Å². The lowest BCUT2D eigenvalue weighted by molar-refractivity contribution is -0.142. The summed E-state index contributed by atoms with van der Waals surface area (Å²) < 4.78 is 5.60. The SMILES string of the molecule is O=C1OC(c2ccccc2)=C2CC3C=CC12CC3. The number of esters is 1. The van der Waals surface area contributed by atoms with E-state index in [1.54, 1.807) is 0 Å². The van der Waals surface area contributed by atoms with Crippen molar-refractivity contribution in [2.45, 2.75) is 19.3 Å². The number of fused-ring (bicyclic) bond motifs is 1. The maximum absolute atomic E-state index is 12.3. The van der Waals surface area contributed by atoms with Gasteiger partial charge in [0, 0.05) is 5.56 Å². The predicted molar refractivity (Wildman–Crippen MR) is 68.4 cm³/mol. The lowest BCUT2D eigenvalue weighted by Gasteiger charge is -2.37. The van der Waals surface area contributed by atoms with Crippen molar-refractivity contribution in [2.24, 2.45) is 11.3 Å². The van der Waals surface area contributed by atoms with Crippen LogP contribution < -0.4 is 0 Å². The van der Waals surface area contributed by atoms with E-state index in [-0.39, 0.29) is 5.97 Å². The zero-order valence-corrected chi connectivity index (χ0v) is 10.1. The minimum atomic E-state index is -0.431. The minimum Gasteiger partial charge on any atom is -0.425 e. The molecule has 0 N–H and O–H groups in total. The highest BCUT2D eigenvalue weighted by Gasteiger charge is 2.53. The zero-order chi connectivity index (χ0) is 12.2. The molecule has 2 unspecified atom stereocenters. The van der Waals surface area contributed by atoms with Crippen molar-refractivity contribution in [3.8, 4) is 0 Å². The number of carbonyl (C=O) groups is 1. The molecule has 4 aliphatic rings. The molecule has 18 heavy (non-hydrogen) atoms. The van der Waals surface area contributed by atoms with Gasteiger partial charge in [0.05, 0.1) is 0 Å². The summed E-state index contributed by atoms with van der Waals surface area (Å²) in [7, 11) is 0. The Bertz CT molecular complexity index is 582. The van der Waals surface area contributed by atoms with Gasteiger partial charge in [-0.05, 0) is 30.8 Å². The molecule has 1 fully saturated rings. The summed E-state index contributed by atoms with van der Waals surface area (Å²) in [6, 6.07) is 9.98. The first kappa shape index (κ1) is 10.1. The molecule has 0 radical (unpaired) electrons. The van der Waals surface area contributed by atoms with E-state index in [0.717, 1.165) is 30.6 Å². The Labute approximate surface area is 106 Å². The molecule has 1 spiro atoms. The van der Waals surface area contributed by atoms with Crippen LogP contribution in [0.4, 0.5) is 0 Å². The molecule has 1 aliphatic heterocycles. The van der Waals surface area contributed by atoms with E-state index in [2.05, 4.69) is 12.2 Å².